The van der Waals surface area contributed by atoms with Gasteiger partial charge in [0.25, 0.3) is 5.91 Å². The molecule has 1 fully saturated rings. The van der Waals surface area contributed by atoms with Crippen LogP contribution < -0.4 is 10.6 Å². The standard InChI is InChI=1S/C21H30BCl2N3O5/c1-12(2)8-18(22-31-11-13(3)27(5)14(4)21(30)32-22)26-19(28)10-25-20(29)16-9-15(23)6-7-17(16)24/h6-7,9,12-14,18H,8,10-11H2,1-5H3,(H,25,29)(H,26,28)/t13-,14-,18+/m1/s1. The summed E-state index contributed by atoms with van der Waals surface area (Å²) >= 11 is 12.0. The van der Waals surface area contributed by atoms with Gasteiger partial charge in [-0.15, -0.1) is 0 Å². The molecule has 32 heavy (non-hydrogen) atoms. The van der Waals surface area contributed by atoms with Gasteiger partial charge in [-0.1, -0.05) is 37.0 Å². The van der Waals surface area contributed by atoms with Crippen LogP contribution in [0.1, 0.15) is 44.5 Å². The number of carbonyl (C=O) groups excluding carboxylic acids is 3. The molecule has 1 aliphatic rings. The molecule has 2 rings (SSSR count). The largest absolute Gasteiger partial charge is 0.551 e. The molecule has 0 radical (unpaired) electrons. The molecule has 1 aromatic carbocycles. The summed E-state index contributed by atoms with van der Waals surface area (Å²) in [6, 6.07) is 4.07. The van der Waals surface area contributed by atoms with Crippen LogP contribution in [0.2, 0.25) is 10.0 Å². The first-order valence-electron chi connectivity index (χ1n) is 10.6. The fourth-order valence-electron chi connectivity index (χ4n) is 3.28. The third-order valence-electron chi connectivity index (χ3n) is 5.36. The Labute approximate surface area is 199 Å². The minimum absolute atomic E-state index is 0.00233. The molecule has 0 aromatic heterocycles. The maximum Gasteiger partial charge on any atom is 0.551 e. The van der Waals surface area contributed by atoms with E-state index in [9.17, 15) is 14.4 Å². The third-order valence-corrected chi connectivity index (χ3v) is 5.93. The average molecular weight is 486 g/mol. The molecule has 1 aromatic rings. The zero-order chi connectivity index (χ0) is 24.0. The minimum Gasteiger partial charge on any atom is -0.507 e. The number of halogens is 2. The van der Waals surface area contributed by atoms with Crippen LogP contribution in [0.25, 0.3) is 0 Å². The van der Waals surface area contributed by atoms with E-state index in [1.807, 2.05) is 32.7 Å². The van der Waals surface area contributed by atoms with Crippen molar-refractivity contribution in [2.45, 2.75) is 52.1 Å². The molecular weight excluding hydrogens is 456 g/mol. The Morgan fingerprint density at radius 2 is 1.97 bits per heavy atom. The average Bonchev–Trinajstić information content (AvgIpc) is 2.73. The van der Waals surface area contributed by atoms with Gasteiger partial charge in [-0.3, -0.25) is 19.3 Å². The summed E-state index contributed by atoms with van der Waals surface area (Å²) in [5, 5.41) is 5.95. The molecule has 1 heterocycles. The van der Waals surface area contributed by atoms with Crippen LogP contribution in [-0.4, -0.2) is 68.0 Å². The van der Waals surface area contributed by atoms with E-state index < -0.39 is 36.9 Å². The van der Waals surface area contributed by atoms with Crippen LogP contribution in [0.3, 0.4) is 0 Å². The summed E-state index contributed by atoms with van der Waals surface area (Å²) in [5.74, 6) is -1.75. The molecule has 0 spiro atoms. The first kappa shape index (κ1) is 26.4. The van der Waals surface area contributed by atoms with Gasteiger partial charge in [0.15, 0.2) is 0 Å². The lowest BCUT2D eigenvalue weighted by Crippen LogP contribution is -2.57. The molecule has 8 nitrogen and oxygen atoms in total. The van der Waals surface area contributed by atoms with Crippen molar-refractivity contribution in [3.05, 3.63) is 33.8 Å². The van der Waals surface area contributed by atoms with Gasteiger partial charge in [-0.25, -0.2) is 0 Å². The van der Waals surface area contributed by atoms with E-state index in [4.69, 9.17) is 32.5 Å². The van der Waals surface area contributed by atoms with Crippen molar-refractivity contribution in [2.24, 2.45) is 5.92 Å². The summed E-state index contributed by atoms with van der Waals surface area (Å²) in [7, 11) is 0.910. The predicted octanol–water partition coefficient (Wildman–Crippen LogP) is 2.56. The first-order valence-corrected chi connectivity index (χ1v) is 11.3. The Bertz CT molecular complexity index is 842. The fourth-order valence-corrected chi connectivity index (χ4v) is 3.65. The van der Waals surface area contributed by atoms with E-state index in [-0.39, 0.29) is 29.1 Å². The van der Waals surface area contributed by atoms with Gasteiger partial charge in [-0.2, -0.15) is 0 Å². The van der Waals surface area contributed by atoms with Gasteiger partial charge in [0.2, 0.25) is 5.91 Å². The molecule has 176 valence electrons. The number of amides is 2. The van der Waals surface area contributed by atoms with Crippen LogP contribution in [-0.2, 0) is 18.9 Å². The van der Waals surface area contributed by atoms with Gasteiger partial charge >= 0.3 is 13.1 Å². The number of hydrogen-bond acceptors (Lipinski definition) is 6. The lowest BCUT2D eigenvalue weighted by Gasteiger charge is -2.35. The zero-order valence-corrected chi connectivity index (χ0v) is 20.5. The van der Waals surface area contributed by atoms with E-state index in [2.05, 4.69) is 10.6 Å². The van der Waals surface area contributed by atoms with Crippen LogP contribution in [0, 0.1) is 5.92 Å². The van der Waals surface area contributed by atoms with E-state index in [0.29, 0.717) is 18.1 Å². The Hall–Kier alpha value is -1.81. The summed E-state index contributed by atoms with van der Waals surface area (Å²) in [5.41, 5.74) is 0.176. The van der Waals surface area contributed by atoms with Crippen molar-refractivity contribution >= 4 is 48.1 Å². The van der Waals surface area contributed by atoms with Gasteiger partial charge < -0.3 is 19.9 Å². The molecule has 2 N–H and O–H groups in total. The Balaban J connectivity index is 2.04. The second kappa shape index (κ2) is 11.9. The lowest BCUT2D eigenvalue weighted by atomic mass is 9.73. The molecule has 0 unspecified atom stereocenters. The Morgan fingerprint density at radius 3 is 2.62 bits per heavy atom. The van der Waals surface area contributed by atoms with Crippen molar-refractivity contribution < 1.29 is 23.7 Å². The summed E-state index contributed by atoms with van der Waals surface area (Å²) in [6.45, 7) is 7.77. The van der Waals surface area contributed by atoms with Gasteiger partial charge in [-0.05, 0) is 51.4 Å². The van der Waals surface area contributed by atoms with Crippen LogP contribution >= 0.6 is 23.2 Å². The van der Waals surface area contributed by atoms with Gasteiger partial charge in [0, 0.05) is 17.7 Å². The topological polar surface area (TPSA) is 97.0 Å². The fraction of sp³-hybridized carbons (Fsp3) is 0.571. The lowest BCUT2D eigenvalue weighted by molar-refractivity contribution is -0.144. The van der Waals surface area contributed by atoms with E-state index in [0.717, 1.165) is 0 Å². The molecule has 0 bridgehead atoms. The molecule has 2 amide bonds. The molecule has 0 saturated carbocycles. The SMILES string of the molecule is CC(C)C[C@H](NC(=O)CNC(=O)c1cc(Cl)ccc1Cl)B1OC[C@@H](C)N(C)[C@H](C)C(=O)O1. The number of rotatable bonds is 7. The second-order valence-electron chi connectivity index (χ2n) is 8.44. The number of likely N-dealkylation sites (N-methyl/N-ethyl adjacent to an activating group) is 1. The molecular formula is C21H30BCl2N3O5. The number of carbonyl (C=O) groups is 3. The minimum atomic E-state index is -0.925. The second-order valence-corrected chi connectivity index (χ2v) is 9.28. The van der Waals surface area contributed by atoms with Crippen molar-refractivity contribution in [2.75, 3.05) is 20.2 Å². The van der Waals surface area contributed by atoms with Crippen molar-refractivity contribution in [1.82, 2.24) is 15.5 Å². The predicted molar refractivity (Wildman–Crippen MR) is 125 cm³/mol. The number of benzene rings is 1. The number of nitrogens with zero attached hydrogens (tertiary/aromatic N) is 1. The maximum absolute atomic E-state index is 12.6. The smallest absolute Gasteiger partial charge is 0.507 e. The highest BCUT2D eigenvalue weighted by Gasteiger charge is 2.40. The highest BCUT2D eigenvalue weighted by molar-refractivity contribution is 6.49. The molecule has 1 saturated heterocycles. The highest BCUT2D eigenvalue weighted by atomic mass is 35.5. The Morgan fingerprint density at radius 1 is 1.28 bits per heavy atom. The van der Waals surface area contributed by atoms with E-state index in [1.165, 1.54) is 12.1 Å². The van der Waals surface area contributed by atoms with Crippen molar-refractivity contribution in [1.29, 1.82) is 0 Å². The van der Waals surface area contributed by atoms with Gasteiger partial charge in [0.1, 0.15) is 6.04 Å². The van der Waals surface area contributed by atoms with Gasteiger partial charge in [0.05, 0.1) is 23.1 Å². The highest BCUT2D eigenvalue weighted by Crippen LogP contribution is 2.20. The van der Waals surface area contributed by atoms with E-state index >= 15 is 0 Å². The van der Waals surface area contributed by atoms with Crippen molar-refractivity contribution in [3.8, 4) is 0 Å². The molecule has 0 aliphatic carbocycles. The summed E-state index contributed by atoms with van der Waals surface area (Å²) < 4.78 is 11.4. The molecule has 11 heteroatoms. The molecule has 3 atom stereocenters. The number of hydrogen-bond donors (Lipinski definition) is 2. The van der Waals surface area contributed by atoms with Crippen LogP contribution in [0.4, 0.5) is 0 Å². The van der Waals surface area contributed by atoms with Crippen LogP contribution in [0.15, 0.2) is 18.2 Å². The summed E-state index contributed by atoms with van der Waals surface area (Å²) in [6.07, 6.45) is 0.524. The Kier molecular flexibility index (Phi) is 9.82. The zero-order valence-electron chi connectivity index (χ0n) is 19.0. The molecule has 1 aliphatic heterocycles. The monoisotopic (exact) mass is 485 g/mol. The van der Waals surface area contributed by atoms with Crippen LogP contribution in [0.5, 0.6) is 0 Å². The summed E-state index contributed by atoms with van der Waals surface area (Å²) in [4.78, 5) is 39.4. The van der Waals surface area contributed by atoms with Crippen molar-refractivity contribution in [3.63, 3.8) is 0 Å². The van der Waals surface area contributed by atoms with E-state index in [1.54, 1.807) is 13.0 Å². The quantitative estimate of drug-likeness (QED) is 0.576. The maximum atomic E-state index is 12.6. The first-order chi connectivity index (χ1) is 15.0. The number of nitrogens with one attached hydrogen (secondary N) is 2. The third kappa shape index (κ3) is 7.37. The normalized spacial score (nSPS) is 20.9.